The van der Waals surface area contributed by atoms with Gasteiger partial charge in [-0.15, -0.1) is 0 Å². The molecule has 4 aromatic rings. The van der Waals surface area contributed by atoms with E-state index >= 15 is 0 Å². The summed E-state index contributed by atoms with van der Waals surface area (Å²) >= 11 is 0. The van der Waals surface area contributed by atoms with Crippen LogP contribution in [0.15, 0.2) is 84.1 Å². The molecule has 8 nitrogen and oxygen atoms in total. The van der Waals surface area contributed by atoms with Crippen LogP contribution in [-0.2, 0) is 16.4 Å². The van der Waals surface area contributed by atoms with E-state index in [1.54, 1.807) is 45.9 Å². The lowest BCUT2D eigenvalue weighted by Crippen LogP contribution is -2.26. The van der Waals surface area contributed by atoms with Gasteiger partial charge in [0, 0.05) is 18.9 Å². The molecule has 1 amide bonds. The number of rotatable bonds is 7. The molecule has 4 rings (SSSR count). The number of halogens is 1. The van der Waals surface area contributed by atoms with Gasteiger partial charge in [0.1, 0.15) is 11.4 Å². The Morgan fingerprint density at radius 3 is 2.31 bits per heavy atom. The third kappa shape index (κ3) is 4.61. The molecule has 164 valence electrons. The zero-order valence-corrected chi connectivity index (χ0v) is 17.7. The fraction of sp³-hybridized carbons (Fsp3) is 0.0909. The van der Waals surface area contributed by atoms with Crippen LogP contribution < -0.4 is 10.5 Å². The number of nitrogens with two attached hydrogens (primary N) is 1. The average Bonchev–Trinajstić information content (AvgIpc) is 3.44. The average molecular weight is 453 g/mol. The highest BCUT2D eigenvalue weighted by Gasteiger charge is 2.19. The van der Waals surface area contributed by atoms with Gasteiger partial charge in [-0.2, -0.15) is 5.10 Å². The second kappa shape index (κ2) is 8.77. The number of hydrogen-bond acceptors (Lipinski definition) is 4. The fourth-order valence-electron chi connectivity index (χ4n) is 3.26. The van der Waals surface area contributed by atoms with Crippen LogP contribution >= 0.6 is 0 Å². The van der Waals surface area contributed by atoms with E-state index in [-0.39, 0.29) is 16.6 Å². The zero-order valence-electron chi connectivity index (χ0n) is 16.8. The van der Waals surface area contributed by atoms with E-state index < -0.39 is 10.0 Å². The van der Waals surface area contributed by atoms with Gasteiger partial charge in [-0.25, -0.2) is 22.6 Å². The predicted molar refractivity (Wildman–Crippen MR) is 117 cm³/mol. The molecule has 0 bridgehead atoms. The second-order valence-electron chi connectivity index (χ2n) is 7.06. The normalized spacial score (nSPS) is 11.4. The number of sulfonamides is 1. The van der Waals surface area contributed by atoms with Crippen LogP contribution in [0.4, 0.5) is 4.39 Å². The minimum Gasteiger partial charge on any atom is -0.352 e. The SMILES string of the molecule is NS(=O)(=O)c1ccc(CCNC(=O)c2cnn(-c3ccc(F)cc3)c2-n2cccc2)cc1. The van der Waals surface area contributed by atoms with Gasteiger partial charge < -0.3 is 9.88 Å². The van der Waals surface area contributed by atoms with Crippen LogP contribution in [0.3, 0.4) is 0 Å². The molecule has 2 aromatic heterocycles. The number of carbonyl (C=O) groups is 1. The summed E-state index contributed by atoms with van der Waals surface area (Å²) in [4.78, 5) is 12.9. The van der Waals surface area contributed by atoms with E-state index in [0.717, 1.165) is 5.56 Å². The maximum atomic E-state index is 13.3. The number of hydrogen-bond donors (Lipinski definition) is 2. The molecule has 0 saturated heterocycles. The molecule has 0 unspecified atom stereocenters. The standard InChI is InChI=1S/C22H20FN5O3S/c23-17-5-7-18(8-6-17)28-22(27-13-1-2-14-27)20(15-26-28)21(29)25-12-11-16-3-9-19(10-4-16)32(24,30)31/h1-10,13-15H,11-12H2,(H,25,29)(H2,24,30,31). The van der Waals surface area contributed by atoms with Gasteiger partial charge >= 0.3 is 0 Å². The molecule has 3 N–H and O–H groups in total. The smallest absolute Gasteiger partial charge is 0.256 e. The molecule has 0 aliphatic rings. The highest BCUT2D eigenvalue weighted by Crippen LogP contribution is 2.20. The maximum absolute atomic E-state index is 13.3. The van der Waals surface area contributed by atoms with Crippen LogP contribution in [0.1, 0.15) is 15.9 Å². The Labute approximate surface area is 184 Å². The number of nitrogens with one attached hydrogen (secondary N) is 1. The molecule has 0 radical (unpaired) electrons. The highest BCUT2D eigenvalue weighted by atomic mass is 32.2. The molecule has 2 aromatic carbocycles. The van der Waals surface area contributed by atoms with E-state index in [4.69, 9.17) is 5.14 Å². The van der Waals surface area contributed by atoms with Crippen molar-refractivity contribution in [1.29, 1.82) is 0 Å². The molecule has 0 aliphatic heterocycles. The van der Waals surface area contributed by atoms with Crippen LogP contribution in [0.5, 0.6) is 0 Å². The first-order chi connectivity index (χ1) is 15.3. The summed E-state index contributed by atoms with van der Waals surface area (Å²) in [6.45, 7) is 0.334. The quantitative estimate of drug-likeness (QED) is 0.448. The number of aromatic nitrogens is 3. The van der Waals surface area contributed by atoms with E-state index in [2.05, 4.69) is 10.4 Å². The minimum absolute atomic E-state index is 0.0369. The molecular weight excluding hydrogens is 433 g/mol. The van der Waals surface area contributed by atoms with Crippen molar-refractivity contribution in [3.05, 3.63) is 96.2 Å². The topological polar surface area (TPSA) is 112 Å². The molecule has 10 heteroatoms. The third-order valence-electron chi connectivity index (χ3n) is 4.86. The van der Waals surface area contributed by atoms with Crippen molar-refractivity contribution in [3.8, 4) is 11.5 Å². The summed E-state index contributed by atoms with van der Waals surface area (Å²) in [5, 5.41) is 12.3. The van der Waals surface area contributed by atoms with Crippen molar-refractivity contribution >= 4 is 15.9 Å². The maximum Gasteiger partial charge on any atom is 0.256 e. The Balaban J connectivity index is 1.52. The number of amides is 1. The minimum atomic E-state index is -3.74. The molecule has 0 aliphatic carbocycles. The van der Waals surface area contributed by atoms with Crippen LogP contribution in [0.25, 0.3) is 11.5 Å². The Kier molecular flexibility index (Phi) is 5.89. The van der Waals surface area contributed by atoms with Crippen molar-refractivity contribution in [2.75, 3.05) is 6.54 Å². The zero-order chi connectivity index (χ0) is 22.7. The van der Waals surface area contributed by atoms with E-state index in [0.29, 0.717) is 30.0 Å². The van der Waals surface area contributed by atoms with Gasteiger partial charge in [-0.3, -0.25) is 4.79 Å². The summed E-state index contributed by atoms with van der Waals surface area (Å²) in [6, 6.07) is 15.7. The number of primary sulfonamides is 1. The summed E-state index contributed by atoms with van der Waals surface area (Å²) in [6.07, 6.45) is 5.55. The summed E-state index contributed by atoms with van der Waals surface area (Å²) in [7, 11) is -3.74. The summed E-state index contributed by atoms with van der Waals surface area (Å²) in [5.41, 5.74) is 1.82. The van der Waals surface area contributed by atoms with Crippen molar-refractivity contribution in [2.45, 2.75) is 11.3 Å². The van der Waals surface area contributed by atoms with Crippen LogP contribution in [0.2, 0.25) is 0 Å². The predicted octanol–water partition coefficient (Wildman–Crippen LogP) is 2.42. The highest BCUT2D eigenvalue weighted by molar-refractivity contribution is 7.89. The first-order valence-corrected chi connectivity index (χ1v) is 11.2. The lowest BCUT2D eigenvalue weighted by Gasteiger charge is -2.11. The molecule has 32 heavy (non-hydrogen) atoms. The monoisotopic (exact) mass is 453 g/mol. The van der Waals surface area contributed by atoms with Crippen LogP contribution in [-0.4, -0.2) is 35.2 Å². The Hall–Kier alpha value is -3.76. The third-order valence-corrected chi connectivity index (χ3v) is 5.79. The lowest BCUT2D eigenvalue weighted by molar-refractivity contribution is 0.0954. The van der Waals surface area contributed by atoms with Gasteiger partial charge in [0.15, 0.2) is 5.82 Å². The molecule has 0 spiro atoms. The Morgan fingerprint density at radius 2 is 1.69 bits per heavy atom. The molecular formula is C22H20FN5O3S. The number of carbonyl (C=O) groups excluding carboxylic acids is 1. The Morgan fingerprint density at radius 1 is 1.03 bits per heavy atom. The lowest BCUT2D eigenvalue weighted by atomic mass is 10.1. The van der Waals surface area contributed by atoms with Gasteiger partial charge in [-0.1, -0.05) is 12.1 Å². The van der Waals surface area contributed by atoms with Crippen molar-refractivity contribution in [2.24, 2.45) is 5.14 Å². The van der Waals surface area contributed by atoms with E-state index in [1.807, 2.05) is 12.1 Å². The van der Waals surface area contributed by atoms with Gasteiger partial charge in [0.25, 0.3) is 5.91 Å². The Bertz CT molecular complexity index is 1330. The van der Waals surface area contributed by atoms with Gasteiger partial charge in [-0.05, 0) is 60.5 Å². The van der Waals surface area contributed by atoms with E-state index in [9.17, 15) is 17.6 Å². The van der Waals surface area contributed by atoms with Gasteiger partial charge in [0.05, 0.1) is 16.8 Å². The number of benzene rings is 2. The van der Waals surface area contributed by atoms with Crippen molar-refractivity contribution in [1.82, 2.24) is 19.7 Å². The first-order valence-electron chi connectivity index (χ1n) is 9.70. The molecule has 2 heterocycles. The fourth-order valence-corrected chi connectivity index (χ4v) is 3.77. The summed E-state index contributed by atoms with van der Waals surface area (Å²) < 4.78 is 39.4. The van der Waals surface area contributed by atoms with E-state index in [1.165, 1.54) is 30.5 Å². The summed E-state index contributed by atoms with van der Waals surface area (Å²) in [5.74, 6) is -0.154. The van der Waals surface area contributed by atoms with Crippen molar-refractivity contribution < 1.29 is 17.6 Å². The second-order valence-corrected chi connectivity index (χ2v) is 8.62. The molecule has 0 atom stereocenters. The van der Waals surface area contributed by atoms with Crippen LogP contribution in [0, 0.1) is 5.82 Å². The first kappa shape index (κ1) is 21.5. The van der Waals surface area contributed by atoms with Gasteiger partial charge in [0.2, 0.25) is 10.0 Å². The largest absolute Gasteiger partial charge is 0.352 e. The van der Waals surface area contributed by atoms with Crippen molar-refractivity contribution in [3.63, 3.8) is 0 Å². The molecule has 0 saturated carbocycles. The number of nitrogens with zero attached hydrogens (tertiary/aromatic N) is 3. The molecule has 0 fully saturated rings.